The van der Waals surface area contributed by atoms with Crippen molar-refractivity contribution >= 4 is 18.2 Å². The Bertz CT molecular complexity index is 1190. The van der Waals surface area contributed by atoms with Crippen LogP contribution in [0.5, 0.6) is 0 Å². The van der Waals surface area contributed by atoms with Crippen LogP contribution in [0, 0.1) is 0 Å². The zero-order valence-electron chi connectivity index (χ0n) is 22.7. The molecule has 5 rings (SSSR count). The van der Waals surface area contributed by atoms with Crippen molar-refractivity contribution in [3.63, 3.8) is 0 Å². The molecule has 0 bridgehead atoms. The Hall–Kier alpha value is -3.59. The number of likely N-dealkylation sites (tertiary alicyclic amines) is 1. The van der Waals surface area contributed by atoms with Gasteiger partial charge in [-0.2, -0.15) is 0 Å². The van der Waals surface area contributed by atoms with Crippen LogP contribution in [-0.2, 0) is 19.0 Å². The highest BCUT2D eigenvalue weighted by atomic mass is 16.6. The molecule has 2 aromatic carbocycles. The SMILES string of the molecule is CC(C)(C)OC(=O)N1CC(C(=O)O)(N(C(=O)OCC2c3ccccc3-c3ccccc32)C2CCCOCC2)C1. The second kappa shape index (κ2) is 10.5. The molecule has 9 heteroatoms. The molecule has 0 saturated carbocycles. The van der Waals surface area contributed by atoms with E-state index in [1.165, 1.54) is 9.80 Å². The maximum absolute atomic E-state index is 13.8. The predicted molar refractivity (Wildman–Crippen MR) is 144 cm³/mol. The molecule has 39 heavy (non-hydrogen) atoms. The molecule has 1 atom stereocenters. The first-order valence-electron chi connectivity index (χ1n) is 13.5. The maximum Gasteiger partial charge on any atom is 0.411 e. The van der Waals surface area contributed by atoms with Crippen LogP contribution in [0.1, 0.15) is 57.1 Å². The number of fused-ring (bicyclic) bond motifs is 3. The molecule has 2 saturated heterocycles. The number of hydrogen-bond acceptors (Lipinski definition) is 6. The van der Waals surface area contributed by atoms with Crippen molar-refractivity contribution in [2.75, 3.05) is 32.9 Å². The van der Waals surface area contributed by atoms with E-state index in [0.29, 0.717) is 32.5 Å². The Kier molecular flexibility index (Phi) is 7.29. The van der Waals surface area contributed by atoms with Gasteiger partial charge in [-0.15, -0.1) is 0 Å². The lowest BCUT2D eigenvalue weighted by Gasteiger charge is -2.53. The minimum Gasteiger partial charge on any atom is -0.479 e. The van der Waals surface area contributed by atoms with Crippen LogP contribution in [0.2, 0.25) is 0 Å². The van der Waals surface area contributed by atoms with Gasteiger partial charge in [0.15, 0.2) is 5.54 Å². The highest BCUT2D eigenvalue weighted by Gasteiger charge is 2.60. The molecular weight excluding hydrogens is 500 g/mol. The number of hydrogen-bond donors (Lipinski definition) is 1. The van der Waals surface area contributed by atoms with Gasteiger partial charge in [-0.3, -0.25) is 4.90 Å². The highest BCUT2D eigenvalue weighted by Crippen LogP contribution is 2.45. The van der Waals surface area contributed by atoms with Gasteiger partial charge in [0, 0.05) is 25.2 Å². The van der Waals surface area contributed by atoms with Crippen LogP contribution in [-0.4, -0.2) is 83.2 Å². The first kappa shape index (κ1) is 27.0. The summed E-state index contributed by atoms with van der Waals surface area (Å²) in [7, 11) is 0. The molecule has 3 aliphatic rings. The summed E-state index contributed by atoms with van der Waals surface area (Å²) in [5.41, 5.74) is 2.06. The Morgan fingerprint density at radius 1 is 1.00 bits per heavy atom. The lowest BCUT2D eigenvalue weighted by atomic mass is 9.85. The van der Waals surface area contributed by atoms with Gasteiger partial charge >= 0.3 is 18.2 Å². The third-order valence-electron chi connectivity index (χ3n) is 7.74. The molecule has 208 valence electrons. The molecule has 2 aliphatic heterocycles. The van der Waals surface area contributed by atoms with E-state index in [4.69, 9.17) is 14.2 Å². The summed E-state index contributed by atoms with van der Waals surface area (Å²) in [6.07, 6.45) is 0.492. The molecule has 1 N–H and O–H groups in total. The van der Waals surface area contributed by atoms with Gasteiger partial charge in [-0.25, -0.2) is 14.4 Å². The zero-order chi connectivity index (χ0) is 27.8. The van der Waals surface area contributed by atoms with Gasteiger partial charge in [-0.1, -0.05) is 48.5 Å². The first-order valence-corrected chi connectivity index (χ1v) is 13.5. The van der Waals surface area contributed by atoms with Crippen LogP contribution in [0.25, 0.3) is 11.1 Å². The standard InChI is InChI=1S/C30H36N2O7/c1-29(2,3)39-27(35)31-18-30(19-31,26(33)34)32(20-9-8-15-37-16-14-20)28(36)38-17-25-23-12-6-4-10-21(23)22-11-5-7-13-24(22)25/h4-7,10-13,20,25H,8-9,14-19H2,1-3H3,(H,33,34). The molecule has 0 radical (unpaired) electrons. The van der Waals surface area contributed by atoms with Crippen molar-refractivity contribution in [3.8, 4) is 11.1 Å². The summed E-state index contributed by atoms with van der Waals surface area (Å²) < 4.78 is 17.0. The number of benzene rings is 2. The van der Waals surface area contributed by atoms with Crippen molar-refractivity contribution < 1.29 is 33.7 Å². The van der Waals surface area contributed by atoms with Gasteiger partial charge in [0.25, 0.3) is 0 Å². The van der Waals surface area contributed by atoms with E-state index in [1.807, 2.05) is 36.4 Å². The first-order chi connectivity index (χ1) is 18.6. The monoisotopic (exact) mass is 536 g/mol. The molecule has 1 aliphatic carbocycles. The third-order valence-corrected chi connectivity index (χ3v) is 7.74. The number of amides is 2. The molecule has 0 spiro atoms. The quantitative estimate of drug-likeness (QED) is 0.581. The van der Waals surface area contributed by atoms with Crippen molar-refractivity contribution in [2.45, 2.75) is 63.1 Å². The number of carboxylic acid groups (broad SMARTS) is 1. The minimum atomic E-state index is -1.60. The van der Waals surface area contributed by atoms with Crippen LogP contribution in [0.15, 0.2) is 48.5 Å². The molecule has 2 aromatic rings. The summed E-state index contributed by atoms with van der Waals surface area (Å²) in [6.45, 7) is 5.98. The smallest absolute Gasteiger partial charge is 0.411 e. The fourth-order valence-corrected chi connectivity index (χ4v) is 5.91. The molecule has 2 amide bonds. The topological polar surface area (TPSA) is 106 Å². The van der Waals surface area contributed by atoms with Gasteiger partial charge in [-0.05, 0) is 62.3 Å². The summed E-state index contributed by atoms with van der Waals surface area (Å²) in [5.74, 6) is -1.32. The zero-order valence-corrected chi connectivity index (χ0v) is 22.7. The second-order valence-electron chi connectivity index (χ2n) is 11.5. The normalized spacial score (nSPS) is 20.2. The number of aliphatic carboxylic acids is 1. The summed E-state index contributed by atoms with van der Waals surface area (Å²) in [4.78, 5) is 42.0. The van der Waals surface area contributed by atoms with E-state index in [9.17, 15) is 19.5 Å². The average Bonchev–Trinajstić information content (AvgIpc) is 2.98. The number of rotatable bonds is 5. The molecule has 0 aromatic heterocycles. The third kappa shape index (κ3) is 5.20. The van der Waals surface area contributed by atoms with Gasteiger partial charge < -0.3 is 24.2 Å². The molecule has 2 heterocycles. The van der Waals surface area contributed by atoms with Crippen molar-refractivity contribution in [1.29, 1.82) is 0 Å². The van der Waals surface area contributed by atoms with E-state index in [0.717, 1.165) is 22.3 Å². The summed E-state index contributed by atoms with van der Waals surface area (Å²) in [6, 6.07) is 15.7. The molecule has 1 unspecified atom stereocenters. The van der Waals surface area contributed by atoms with Gasteiger partial charge in [0.1, 0.15) is 12.2 Å². The van der Waals surface area contributed by atoms with E-state index >= 15 is 0 Å². The lowest BCUT2D eigenvalue weighted by molar-refractivity contribution is -0.165. The Balaban J connectivity index is 1.39. The second-order valence-corrected chi connectivity index (χ2v) is 11.5. The Morgan fingerprint density at radius 2 is 1.62 bits per heavy atom. The predicted octanol–water partition coefficient (Wildman–Crippen LogP) is 4.88. The van der Waals surface area contributed by atoms with Crippen LogP contribution in [0.4, 0.5) is 9.59 Å². The molecule has 2 fully saturated rings. The van der Waals surface area contributed by atoms with Crippen LogP contribution >= 0.6 is 0 Å². The van der Waals surface area contributed by atoms with E-state index in [1.54, 1.807) is 20.8 Å². The van der Waals surface area contributed by atoms with Gasteiger partial charge in [0.2, 0.25) is 0 Å². The van der Waals surface area contributed by atoms with Crippen molar-refractivity contribution in [1.82, 2.24) is 9.80 Å². The summed E-state index contributed by atoms with van der Waals surface area (Å²) in [5, 5.41) is 10.4. The van der Waals surface area contributed by atoms with Crippen LogP contribution < -0.4 is 0 Å². The highest BCUT2D eigenvalue weighted by molar-refractivity contribution is 5.89. The largest absolute Gasteiger partial charge is 0.479 e. The maximum atomic E-state index is 13.8. The lowest BCUT2D eigenvalue weighted by Crippen LogP contribution is -2.77. The number of nitrogens with zero attached hydrogens (tertiary/aromatic N) is 2. The fraction of sp³-hybridized carbons (Fsp3) is 0.500. The number of carboxylic acids is 1. The van der Waals surface area contributed by atoms with Crippen LogP contribution in [0.3, 0.4) is 0 Å². The van der Waals surface area contributed by atoms with Crippen molar-refractivity contribution in [3.05, 3.63) is 59.7 Å². The average molecular weight is 537 g/mol. The molecule has 9 nitrogen and oxygen atoms in total. The van der Waals surface area contributed by atoms with Crippen molar-refractivity contribution in [2.24, 2.45) is 0 Å². The Morgan fingerprint density at radius 3 is 2.21 bits per heavy atom. The molecular formula is C30H36N2O7. The number of carbonyl (C=O) groups excluding carboxylic acids is 2. The van der Waals surface area contributed by atoms with E-state index in [2.05, 4.69) is 12.1 Å². The number of carbonyl (C=O) groups is 3. The van der Waals surface area contributed by atoms with Gasteiger partial charge in [0.05, 0.1) is 13.1 Å². The van der Waals surface area contributed by atoms with E-state index in [-0.39, 0.29) is 31.7 Å². The fourth-order valence-electron chi connectivity index (χ4n) is 5.91. The minimum absolute atomic E-state index is 0.0814. The number of ether oxygens (including phenoxy) is 3. The summed E-state index contributed by atoms with van der Waals surface area (Å²) >= 11 is 0. The van der Waals surface area contributed by atoms with E-state index < -0.39 is 29.3 Å². The Labute approximate surface area is 228 Å².